The van der Waals surface area contributed by atoms with Gasteiger partial charge < -0.3 is 29.7 Å². The van der Waals surface area contributed by atoms with E-state index in [0.29, 0.717) is 17.1 Å². The monoisotopic (exact) mass is 741 g/mol. The number of likely N-dealkylation sites (tertiary alicyclic amines) is 1. The van der Waals surface area contributed by atoms with E-state index in [4.69, 9.17) is 21.1 Å². The van der Waals surface area contributed by atoms with Gasteiger partial charge in [-0.05, 0) is 56.0 Å². The molecule has 3 heterocycles. The maximum absolute atomic E-state index is 14.9. The van der Waals surface area contributed by atoms with Crippen LogP contribution in [-0.4, -0.2) is 88.1 Å². The maximum atomic E-state index is 14.9. The van der Waals surface area contributed by atoms with E-state index in [0.717, 1.165) is 5.56 Å². The van der Waals surface area contributed by atoms with E-state index in [-0.39, 0.29) is 43.1 Å². The summed E-state index contributed by atoms with van der Waals surface area (Å²) in [6.45, 7) is 8.94. The summed E-state index contributed by atoms with van der Waals surface area (Å²) in [7, 11) is 0. The van der Waals surface area contributed by atoms with Gasteiger partial charge in [0.2, 0.25) is 11.8 Å². The summed E-state index contributed by atoms with van der Waals surface area (Å²) >= 11 is 9.85. The highest BCUT2D eigenvalue weighted by Gasteiger charge is 2.77. The van der Waals surface area contributed by atoms with Crippen molar-refractivity contribution in [1.82, 2.24) is 10.2 Å². The van der Waals surface area contributed by atoms with Gasteiger partial charge in [0.05, 0.1) is 37.1 Å². The van der Waals surface area contributed by atoms with E-state index in [1.165, 1.54) is 9.80 Å². The van der Waals surface area contributed by atoms with E-state index in [2.05, 4.69) is 34.4 Å². The molecule has 2 bridgehead atoms. The summed E-state index contributed by atoms with van der Waals surface area (Å²) in [5, 5.41) is 14.0. The minimum absolute atomic E-state index is 0.0932. The quantitative estimate of drug-likeness (QED) is 0.159. The average molecular weight is 743 g/mol. The Kier molecular flexibility index (Phi) is 11.5. The summed E-state index contributed by atoms with van der Waals surface area (Å²) in [6.07, 6.45) is 3.18. The zero-order valence-electron chi connectivity index (χ0n) is 26.8. The summed E-state index contributed by atoms with van der Waals surface area (Å²) in [5.41, 5.74) is 0.0340. The Morgan fingerprint density at radius 2 is 1.90 bits per heavy atom. The number of amides is 3. The van der Waals surface area contributed by atoms with Crippen molar-refractivity contribution in [3.05, 3.63) is 90.5 Å². The number of halogens is 2. The molecular weight excluding hydrogens is 702 g/mol. The van der Waals surface area contributed by atoms with Gasteiger partial charge in [0.15, 0.2) is 0 Å². The van der Waals surface area contributed by atoms with E-state index >= 15 is 0 Å². The number of rotatable bonds is 15. The van der Waals surface area contributed by atoms with Crippen molar-refractivity contribution in [2.24, 2.45) is 11.8 Å². The standard InChI is InChI=1S/C36H41BrClN3O7/c1-4-6-12-28(43)39-20-22(3)47-35(46)29-30-33(44)41(26(21-42)18-23-10-8-7-9-11-23)32(36(30)19-27(37)31(29)48-36)34(45)40(17-5-2)25-15-13-24(38)14-16-25/h4-5,7-11,13-16,22,26-27,29-32,42H,1-2,6,12,17-21H2,3H3,(H,39,43)/t22-,26-,27?,29+,30-,31+,32+,36-/m1/s1. The second-order valence-corrected chi connectivity index (χ2v) is 14.1. The van der Waals surface area contributed by atoms with E-state index < -0.39 is 66.1 Å². The Morgan fingerprint density at radius 1 is 1.19 bits per heavy atom. The molecule has 2 aromatic carbocycles. The first kappa shape index (κ1) is 35.8. The smallest absolute Gasteiger partial charge is 0.312 e. The number of hydrogen-bond acceptors (Lipinski definition) is 7. The molecule has 48 heavy (non-hydrogen) atoms. The molecule has 2 aromatic rings. The van der Waals surface area contributed by atoms with Gasteiger partial charge in [-0.3, -0.25) is 19.2 Å². The number of nitrogens with one attached hydrogen (secondary N) is 1. The molecule has 0 aliphatic carbocycles. The Bertz CT molecular complexity index is 1530. The lowest BCUT2D eigenvalue weighted by Gasteiger charge is -2.39. The number of alkyl halides is 1. The Labute approximate surface area is 294 Å². The number of allylic oxidation sites excluding steroid dienone is 1. The van der Waals surface area contributed by atoms with E-state index in [9.17, 15) is 24.3 Å². The molecule has 12 heteroatoms. The molecule has 2 N–H and O–H groups in total. The zero-order valence-corrected chi connectivity index (χ0v) is 29.1. The van der Waals surface area contributed by atoms with Crippen molar-refractivity contribution in [3.63, 3.8) is 0 Å². The predicted octanol–water partition coefficient (Wildman–Crippen LogP) is 4.22. The van der Waals surface area contributed by atoms with E-state index in [1.54, 1.807) is 43.3 Å². The number of carbonyl (C=O) groups is 4. The minimum atomic E-state index is -1.38. The highest BCUT2D eigenvalue weighted by Crippen LogP contribution is 2.61. The van der Waals surface area contributed by atoms with Crippen LogP contribution in [0.25, 0.3) is 0 Å². The number of aliphatic hydroxyl groups is 1. The highest BCUT2D eigenvalue weighted by atomic mass is 79.9. The number of esters is 1. The normalized spacial score (nSPS) is 26.8. The predicted molar refractivity (Wildman–Crippen MR) is 186 cm³/mol. The first-order chi connectivity index (χ1) is 23.1. The van der Waals surface area contributed by atoms with Crippen LogP contribution in [0.2, 0.25) is 5.02 Å². The lowest BCUT2D eigenvalue weighted by molar-refractivity contribution is -0.159. The Balaban J connectivity index is 1.51. The van der Waals surface area contributed by atoms with Gasteiger partial charge in [-0.15, -0.1) is 13.2 Å². The first-order valence-corrected chi connectivity index (χ1v) is 17.4. The van der Waals surface area contributed by atoms with E-state index in [1.807, 2.05) is 30.3 Å². The van der Waals surface area contributed by atoms with Gasteiger partial charge in [-0.25, -0.2) is 0 Å². The third-order valence-electron chi connectivity index (χ3n) is 9.35. The number of anilines is 1. The van der Waals surface area contributed by atoms with Crippen LogP contribution in [0.5, 0.6) is 0 Å². The summed E-state index contributed by atoms with van der Waals surface area (Å²) in [6, 6.07) is 14.2. The molecule has 0 radical (unpaired) electrons. The van der Waals surface area contributed by atoms with Gasteiger partial charge in [0, 0.05) is 28.5 Å². The highest BCUT2D eigenvalue weighted by molar-refractivity contribution is 9.09. The third kappa shape index (κ3) is 6.96. The molecular formula is C36H41BrClN3O7. The molecule has 3 saturated heterocycles. The van der Waals surface area contributed by atoms with Crippen molar-refractivity contribution in [2.75, 3.05) is 24.6 Å². The van der Waals surface area contributed by atoms with Crippen molar-refractivity contribution >= 4 is 56.9 Å². The van der Waals surface area contributed by atoms with Crippen LogP contribution in [0.4, 0.5) is 5.69 Å². The van der Waals surface area contributed by atoms with Gasteiger partial charge in [-0.2, -0.15) is 0 Å². The number of hydrogen-bond donors (Lipinski definition) is 2. The van der Waals surface area contributed by atoms with Gasteiger partial charge in [0.25, 0.3) is 5.91 Å². The zero-order chi connectivity index (χ0) is 34.6. The number of fused-ring (bicyclic) bond motifs is 1. The van der Waals surface area contributed by atoms with Crippen LogP contribution in [0, 0.1) is 11.8 Å². The fraction of sp³-hybridized carbons (Fsp3) is 0.444. The van der Waals surface area contributed by atoms with Crippen molar-refractivity contribution in [2.45, 2.75) is 67.3 Å². The molecule has 0 aromatic heterocycles. The average Bonchev–Trinajstić information content (AvgIpc) is 3.68. The number of carbonyl (C=O) groups excluding carboxylic acids is 4. The second kappa shape index (κ2) is 15.4. The van der Waals surface area contributed by atoms with Crippen molar-refractivity contribution in [1.29, 1.82) is 0 Å². The van der Waals surface area contributed by atoms with Gasteiger partial charge in [-0.1, -0.05) is 70.0 Å². The van der Waals surface area contributed by atoms with Crippen LogP contribution < -0.4 is 10.2 Å². The summed E-state index contributed by atoms with van der Waals surface area (Å²) in [4.78, 5) is 58.2. The van der Waals surface area contributed by atoms with Crippen LogP contribution >= 0.6 is 27.5 Å². The molecule has 1 unspecified atom stereocenters. The number of benzene rings is 2. The van der Waals surface area contributed by atoms with Gasteiger partial charge >= 0.3 is 5.97 Å². The Morgan fingerprint density at radius 3 is 2.54 bits per heavy atom. The third-order valence-corrected chi connectivity index (χ3v) is 10.4. The summed E-state index contributed by atoms with van der Waals surface area (Å²) in [5.74, 6) is -3.77. The molecule has 10 nitrogen and oxygen atoms in total. The van der Waals surface area contributed by atoms with Crippen LogP contribution in [-0.2, 0) is 35.1 Å². The van der Waals surface area contributed by atoms with Crippen molar-refractivity contribution < 1.29 is 33.8 Å². The van der Waals surface area contributed by atoms with Crippen LogP contribution in [0.1, 0.15) is 31.7 Å². The molecule has 3 amide bonds. The second-order valence-electron chi connectivity index (χ2n) is 12.5. The molecule has 0 saturated carbocycles. The first-order valence-electron chi connectivity index (χ1n) is 16.1. The van der Waals surface area contributed by atoms with Gasteiger partial charge in [0.1, 0.15) is 17.7 Å². The largest absolute Gasteiger partial charge is 0.460 e. The van der Waals surface area contributed by atoms with Crippen molar-refractivity contribution in [3.8, 4) is 0 Å². The topological polar surface area (TPSA) is 125 Å². The molecule has 3 aliphatic rings. The summed E-state index contributed by atoms with van der Waals surface area (Å²) < 4.78 is 12.5. The fourth-order valence-electron chi connectivity index (χ4n) is 7.26. The van der Waals surface area contributed by atoms with Crippen LogP contribution in [0.15, 0.2) is 79.9 Å². The number of nitrogens with zero attached hydrogens (tertiary/aromatic N) is 2. The maximum Gasteiger partial charge on any atom is 0.312 e. The minimum Gasteiger partial charge on any atom is -0.460 e. The SMILES string of the molecule is C=CCCC(=O)NC[C@@H](C)OC(=O)[C@@H]1[C@H]2O[C@@]3(CC2Br)[C@H](C(=O)N(CC=C)c2ccc(Cl)cc2)N([C@@H](CO)Cc2ccccc2)C(=O)[C@@H]13. The molecule has 3 aliphatic heterocycles. The molecule has 5 rings (SSSR count). The molecule has 1 spiro atoms. The Hall–Kier alpha value is -3.51. The molecule has 256 valence electrons. The lowest BCUT2D eigenvalue weighted by Crippen LogP contribution is -2.59. The lowest BCUT2D eigenvalue weighted by atomic mass is 9.70. The number of ether oxygens (including phenoxy) is 2. The van der Waals surface area contributed by atoms with Crippen LogP contribution in [0.3, 0.4) is 0 Å². The fourth-order valence-corrected chi connectivity index (χ4v) is 8.33. The molecule has 3 fully saturated rings. The molecule has 8 atom stereocenters. The number of aliphatic hydroxyl groups excluding tert-OH is 1.